The van der Waals surface area contributed by atoms with Gasteiger partial charge in [0.2, 0.25) is 0 Å². The third kappa shape index (κ3) is 4.53. The van der Waals surface area contributed by atoms with Crippen LogP contribution >= 0.6 is 0 Å². The monoisotopic (exact) mass is 665 g/mol. The molecule has 0 bridgehead atoms. The fraction of sp³-hybridized carbons (Fsp3) is 0.0625. The second-order valence-corrected chi connectivity index (χ2v) is 13.6. The lowest BCUT2D eigenvalue weighted by atomic mass is 9.61. The molecule has 0 saturated carbocycles. The predicted molar refractivity (Wildman–Crippen MR) is 206 cm³/mol. The molecule has 1 spiro atoms. The number of nitriles is 1. The molecule has 1 aliphatic heterocycles. The first kappa shape index (κ1) is 30.0. The summed E-state index contributed by atoms with van der Waals surface area (Å²) in [6, 6.07) is 56.7. The summed E-state index contributed by atoms with van der Waals surface area (Å²) in [5.74, 6) is 2.49. The van der Waals surface area contributed by atoms with E-state index in [-0.39, 0.29) is 11.8 Å². The molecule has 52 heavy (non-hydrogen) atoms. The molecule has 2 aliphatic carbocycles. The minimum atomic E-state index is -0.505. The largest absolute Gasteiger partial charge is 0.457 e. The number of ether oxygens (including phenoxy) is 1. The summed E-state index contributed by atoms with van der Waals surface area (Å²) in [5.41, 5.74) is 12.1. The van der Waals surface area contributed by atoms with E-state index in [2.05, 4.69) is 133 Å². The Labute approximate surface area is 302 Å². The highest BCUT2D eigenvalue weighted by Gasteiger charge is 2.57. The lowest BCUT2D eigenvalue weighted by Crippen LogP contribution is -2.37. The van der Waals surface area contributed by atoms with Crippen molar-refractivity contribution in [1.82, 2.24) is 9.97 Å². The summed E-state index contributed by atoms with van der Waals surface area (Å²) < 4.78 is 6.61. The van der Waals surface area contributed by atoms with Gasteiger partial charge in [-0.15, -0.1) is 0 Å². The van der Waals surface area contributed by atoms with Gasteiger partial charge >= 0.3 is 0 Å². The maximum Gasteiger partial charge on any atom is 0.160 e. The summed E-state index contributed by atoms with van der Waals surface area (Å²) in [4.78, 5) is 10.4. The van der Waals surface area contributed by atoms with Gasteiger partial charge in [-0.2, -0.15) is 5.26 Å². The second-order valence-electron chi connectivity index (χ2n) is 13.6. The van der Waals surface area contributed by atoms with Gasteiger partial charge in [0, 0.05) is 39.7 Å². The minimum Gasteiger partial charge on any atom is -0.457 e. The normalized spacial score (nSPS) is 17.2. The van der Waals surface area contributed by atoms with Crippen LogP contribution < -0.4 is 4.74 Å². The summed E-state index contributed by atoms with van der Waals surface area (Å²) in [6.45, 7) is 0. The number of allylic oxidation sites excluding steroid dienone is 4. The zero-order valence-corrected chi connectivity index (χ0v) is 28.1. The van der Waals surface area contributed by atoms with Crippen molar-refractivity contribution in [2.24, 2.45) is 5.92 Å². The van der Waals surface area contributed by atoms with Gasteiger partial charge in [-0.05, 0) is 52.6 Å². The van der Waals surface area contributed by atoms with Gasteiger partial charge < -0.3 is 4.74 Å². The number of hydrogen-bond donors (Lipinski definition) is 0. The van der Waals surface area contributed by atoms with Crippen LogP contribution in [0.5, 0.6) is 11.5 Å². The first-order chi connectivity index (χ1) is 25.7. The van der Waals surface area contributed by atoms with E-state index in [1.807, 2.05) is 48.5 Å². The highest BCUT2D eigenvalue weighted by atomic mass is 16.5. The summed E-state index contributed by atoms with van der Waals surface area (Å²) >= 11 is 0. The highest BCUT2D eigenvalue weighted by Crippen LogP contribution is 2.66. The van der Waals surface area contributed by atoms with Crippen LogP contribution in [0.4, 0.5) is 0 Å². The third-order valence-electron chi connectivity index (χ3n) is 10.9. The number of nitrogens with zero attached hydrogens (tertiary/aromatic N) is 3. The zero-order chi connectivity index (χ0) is 34.6. The molecular weight excluding hydrogens is 635 g/mol. The Bertz CT molecular complexity index is 2510. The van der Waals surface area contributed by atoms with Gasteiger partial charge in [0.05, 0.1) is 28.4 Å². The van der Waals surface area contributed by atoms with Gasteiger partial charge in [0.1, 0.15) is 11.5 Å². The number of fused-ring (bicyclic) bond motifs is 9. The molecular formula is C48H31N3O. The lowest BCUT2D eigenvalue weighted by Gasteiger charge is -2.43. The van der Waals surface area contributed by atoms with Crippen molar-refractivity contribution in [3.63, 3.8) is 0 Å². The van der Waals surface area contributed by atoms with Gasteiger partial charge in [-0.3, -0.25) is 0 Å². The molecule has 3 aliphatic rings. The van der Waals surface area contributed by atoms with Crippen LogP contribution in [0, 0.1) is 17.2 Å². The molecule has 6 aromatic carbocycles. The van der Waals surface area contributed by atoms with E-state index in [4.69, 9.17) is 14.7 Å². The molecule has 2 unspecified atom stereocenters. The topological polar surface area (TPSA) is 58.8 Å². The molecule has 4 heteroatoms. The molecule has 1 aromatic heterocycles. The van der Waals surface area contributed by atoms with Crippen LogP contribution in [0.15, 0.2) is 176 Å². The van der Waals surface area contributed by atoms with Gasteiger partial charge in [0.25, 0.3) is 0 Å². The van der Waals surface area contributed by atoms with Crippen molar-refractivity contribution in [2.75, 3.05) is 0 Å². The zero-order valence-electron chi connectivity index (χ0n) is 28.1. The molecule has 0 radical (unpaired) electrons. The Balaban J connectivity index is 1.23. The van der Waals surface area contributed by atoms with Crippen molar-refractivity contribution in [3.8, 4) is 51.2 Å². The van der Waals surface area contributed by atoms with E-state index in [1.54, 1.807) is 0 Å². The molecule has 0 amide bonds. The Morgan fingerprint density at radius 3 is 1.77 bits per heavy atom. The lowest BCUT2D eigenvalue weighted by molar-refractivity contribution is 0.374. The van der Waals surface area contributed by atoms with Crippen molar-refractivity contribution in [1.29, 1.82) is 5.26 Å². The first-order valence-electron chi connectivity index (χ1n) is 17.6. The SMILES string of the molecule is N#Cc1ccc(-c2cccc3c2C2C=C(c4nc(-c5ccccc5)cc(-c5ccccc5)n4)C=CC2C32c3ccccc3Oc3ccccc32)cc1. The van der Waals surface area contributed by atoms with Crippen LogP contribution in [0.1, 0.15) is 39.6 Å². The van der Waals surface area contributed by atoms with Crippen LogP contribution in [-0.2, 0) is 5.41 Å². The molecule has 2 atom stereocenters. The standard InChI is InChI=1S/C48H31N3O/c49-30-31-22-24-32(25-23-31)36-16-11-19-41-46(36)37-28-35(47-50-42(33-12-3-1-4-13-33)29-43(51-47)34-14-5-2-6-15-34)26-27-38(37)48(41)39-17-7-9-20-44(39)52-45-21-10-8-18-40(45)48/h1-29,37-38H. The maximum absolute atomic E-state index is 9.59. The quantitative estimate of drug-likeness (QED) is 0.188. The first-order valence-corrected chi connectivity index (χ1v) is 17.6. The van der Waals surface area contributed by atoms with Crippen molar-refractivity contribution in [3.05, 3.63) is 210 Å². The molecule has 4 nitrogen and oxygen atoms in total. The number of rotatable bonds is 4. The van der Waals surface area contributed by atoms with E-state index in [0.29, 0.717) is 11.4 Å². The molecule has 244 valence electrons. The maximum atomic E-state index is 9.59. The van der Waals surface area contributed by atoms with Crippen LogP contribution in [0.2, 0.25) is 0 Å². The molecule has 0 N–H and O–H groups in total. The van der Waals surface area contributed by atoms with E-state index in [0.717, 1.165) is 61.8 Å². The van der Waals surface area contributed by atoms with E-state index >= 15 is 0 Å². The molecule has 2 heterocycles. The summed E-state index contributed by atoms with van der Waals surface area (Å²) in [6.07, 6.45) is 7.02. The number of hydrogen-bond acceptors (Lipinski definition) is 4. The summed E-state index contributed by atoms with van der Waals surface area (Å²) in [5, 5.41) is 9.59. The average Bonchev–Trinajstić information content (AvgIpc) is 3.51. The van der Waals surface area contributed by atoms with Gasteiger partial charge in [-0.1, -0.05) is 146 Å². The van der Waals surface area contributed by atoms with E-state index in [1.165, 1.54) is 11.1 Å². The number of benzene rings is 6. The molecule has 7 aromatic rings. The smallest absolute Gasteiger partial charge is 0.160 e. The number of para-hydroxylation sites is 2. The predicted octanol–water partition coefficient (Wildman–Crippen LogP) is 11.2. The Kier molecular flexibility index (Phi) is 6.87. The minimum absolute atomic E-state index is 0.00906. The van der Waals surface area contributed by atoms with Crippen LogP contribution in [0.3, 0.4) is 0 Å². The second kappa shape index (κ2) is 11.9. The molecule has 0 saturated heterocycles. The van der Waals surface area contributed by atoms with Crippen molar-refractivity contribution < 1.29 is 4.74 Å². The fourth-order valence-electron chi connectivity index (χ4n) is 8.69. The van der Waals surface area contributed by atoms with E-state index in [9.17, 15) is 5.26 Å². The van der Waals surface area contributed by atoms with Crippen molar-refractivity contribution >= 4 is 5.57 Å². The van der Waals surface area contributed by atoms with Crippen LogP contribution in [-0.4, -0.2) is 9.97 Å². The van der Waals surface area contributed by atoms with Crippen LogP contribution in [0.25, 0.3) is 39.2 Å². The molecule has 10 rings (SSSR count). The summed E-state index contributed by atoms with van der Waals surface area (Å²) in [7, 11) is 0. The number of aromatic nitrogens is 2. The Morgan fingerprint density at radius 2 is 1.15 bits per heavy atom. The average molecular weight is 666 g/mol. The Morgan fingerprint density at radius 1 is 0.577 bits per heavy atom. The molecule has 0 fully saturated rings. The van der Waals surface area contributed by atoms with E-state index < -0.39 is 5.41 Å². The fourth-order valence-corrected chi connectivity index (χ4v) is 8.69. The van der Waals surface area contributed by atoms with Gasteiger partial charge in [-0.25, -0.2) is 9.97 Å². The van der Waals surface area contributed by atoms with Crippen molar-refractivity contribution in [2.45, 2.75) is 11.3 Å². The highest BCUT2D eigenvalue weighted by molar-refractivity contribution is 5.83. The van der Waals surface area contributed by atoms with Gasteiger partial charge in [0.15, 0.2) is 5.82 Å². The Hall–Kier alpha value is -6.83. The third-order valence-corrected chi connectivity index (χ3v) is 10.9.